The molecule has 0 spiro atoms. The van der Waals surface area contributed by atoms with Gasteiger partial charge >= 0.3 is 6.03 Å². The summed E-state index contributed by atoms with van der Waals surface area (Å²) in [5, 5.41) is 2.97. The highest BCUT2D eigenvalue weighted by Crippen LogP contribution is 2.09. The molecule has 2 aliphatic heterocycles. The second kappa shape index (κ2) is 7.24. The van der Waals surface area contributed by atoms with Gasteiger partial charge in [-0.15, -0.1) is 0 Å². The zero-order valence-electron chi connectivity index (χ0n) is 11.8. The number of amides is 2. The molecule has 2 rings (SSSR count). The summed E-state index contributed by atoms with van der Waals surface area (Å²) < 4.78 is 11.3. The van der Waals surface area contributed by atoms with Crippen molar-refractivity contribution in [1.82, 2.24) is 15.1 Å². The SMILES string of the molecule is CN(CCCN1CCCC1)C(=O)N[C@@H]1CC[S@](=O)C1. The summed E-state index contributed by atoms with van der Waals surface area (Å²) in [5.74, 6) is 1.34. The monoisotopic (exact) mass is 287 g/mol. The van der Waals surface area contributed by atoms with Crippen LogP contribution < -0.4 is 5.32 Å². The highest BCUT2D eigenvalue weighted by atomic mass is 32.2. The van der Waals surface area contributed by atoms with Crippen molar-refractivity contribution >= 4 is 16.8 Å². The minimum absolute atomic E-state index is 0.0229. The number of nitrogens with zero attached hydrogens (tertiary/aromatic N) is 2. The lowest BCUT2D eigenvalue weighted by Gasteiger charge is -2.22. The Hall–Kier alpha value is -0.620. The van der Waals surface area contributed by atoms with Crippen molar-refractivity contribution in [2.24, 2.45) is 0 Å². The van der Waals surface area contributed by atoms with Crippen LogP contribution in [0.1, 0.15) is 25.7 Å². The van der Waals surface area contributed by atoms with E-state index in [1.165, 1.54) is 25.9 Å². The Labute approximate surface area is 118 Å². The predicted octanol–water partition coefficient (Wildman–Crippen LogP) is 0.635. The van der Waals surface area contributed by atoms with Gasteiger partial charge in [-0.25, -0.2) is 4.79 Å². The smallest absolute Gasteiger partial charge is 0.317 e. The van der Waals surface area contributed by atoms with Crippen molar-refractivity contribution < 1.29 is 9.00 Å². The van der Waals surface area contributed by atoms with Gasteiger partial charge in [-0.2, -0.15) is 0 Å². The molecular weight excluding hydrogens is 262 g/mol. The van der Waals surface area contributed by atoms with Gasteiger partial charge in [-0.3, -0.25) is 4.21 Å². The number of likely N-dealkylation sites (tertiary alicyclic amines) is 1. The van der Waals surface area contributed by atoms with Gasteiger partial charge in [0.2, 0.25) is 0 Å². The number of urea groups is 1. The highest BCUT2D eigenvalue weighted by molar-refractivity contribution is 7.85. The van der Waals surface area contributed by atoms with Crippen molar-refractivity contribution in [3.63, 3.8) is 0 Å². The highest BCUT2D eigenvalue weighted by Gasteiger charge is 2.23. The van der Waals surface area contributed by atoms with Gasteiger partial charge in [0.1, 0.15) is 0 Å². The molecule has 2 atom stereocenters. The molecular formula is C13H25N3O2S. The molecule has 0 aromatic heterocycles. The summed E-state index contributed by atoms with van der Waals surface area (Å²) in [5.41, 5.74) is 0. The quantitative estimate of drug-likeness (QED) is 0.807. The molecule has 0 unspecified atom stereocenters. The fourth-order valence-electron chi connectivity index (χ4n) is 2.70. The van der Waals surface area contributed by atoms with Gasteiger partial charge in [0.05, 0.1) is 0 Å². The van der Waals surface area contributed by atoms with E-state index in [9.17, 15) is 9.00 Å². The molecule has 2 heterocycles. The lowest BCUT2D eigenvalue weighted by atomic mass is 10.3. The molecule has 0 radical (unpaired) electrons. The largest absolute Gasteiger partial charge is 0.334 e. The van der Waals surface area contributed by atoms with Gasteiger partial charge in [0, 0.05) is 41.9 Å². The number of carbonyl (C=O) groups is 1. The van der Waals surface area contributed by atoms with Crippen LogP contribution >= 0.6 is 0 Å². The number of carbonyl (C=O) groups excluding carboxylic acids is 1. The molecule has 110 valence electrons. The van der Waals surface area contributed by atoms with Crippen LogP contribution in [0.4, 0.5) is 4.79 Å². The van der Waals surface area contributed by atoms with Gasteiger partial charge in [0.25, 0.3) is 0 Å². The third kappa shape index (κ3) is 4.76. The predicted molar refractivity (Wildman–Crippen MR) is 77.7 cm³/mol. The van der Waals surface area contributed by atoms with Crippen molar-refractivity contribution in [2.45, 2.75) is 31.7 Å². The number of hydrogen-bond acceptors (Lipinski definition) is 3. The Bertz CT molecular complexity index is 332. The summed E-state index contributed by atoms with van der Waals surface area (Å²) in [4.78, 5) is 16.1. The second-order valence-electron chi connectivity index (χ2n) is 5.57. The number of hydrogen-bond donors (Lipinski definition) is 1. The van der Waals surface area contributed by atoms with Crippen molar-refractivity contribution in [3.8, 4) is 0 Å². The first-order valence-corrected chi connectivity index (χ1v) is 8.73. The van der Waals surface area contributed by atoms with E-state index in [4.69, 9.17) is 0 Å². The third-order valence-electron chi connectivity index (χ3n) is 3.92. The summed E-state index contributed by atoms with van der Waals surface area (Å²) >= 11 is 0. The van der Waals surface area contributed by atoms with Crippen molar-refractivity contribution in [3.05, 3.63) is 0 Å². The fourth-order valence-corrected chi connectivity index (χ4v) is 4.12. The maximum atomic E-state index is 11.9. The number of rotatable bonds is 5. The normalized spacial score (nSPS) is 27.6. The maximum absolute atomic E-state index is 11.9. The summed E-state index contributed by atoms with van der Waals surface area (Å²) in [7, 11) is 1.11. The fraction of sp³-hybridized carbons (Fsp3) is 0.923. The first-order chi connectivity index (χ1) is 9.15. The summed E-state index contributed by atoms with van der Waals surface area (Å²) in [6, 6.07) is 0.0830. The van der Waals surface area contributed by atoms with E-state index in [1.54, 1.807) is 4.90 Å². The molecule has 0 aliphatic carbocycles. The minimum atomic E-state index is -0.730. The van der Waals surface area contributed by atoms with Crippen molar-refractivity contribution in [2.75, 3.05) is 44.7 Å². The average Bonchev–Trinajstić information content (AvgIpc) is 3.01. The second-order valence-corrected chi connectivity index (χ2v) is 7.19. The van der Waals surface area contributed by atoms with Crippen LogP contribution in [0.3, 0.4) is 0 Å². The Kier molecular flexibility index (Phi) is 5.63. The minimum Gasteiger partial charge on any atom is -0.334 e. The number of nitrogens with one attached hydrogen (secondary N) is 1. The van der Waals surface area contributed by atoms with E-state index in [0.29, 0.717) is 5.75 Å². The molecule has 1 N–H and O–H groups in total. The van der Waals surface area contributed by atoms with Crippen LogP contribution in [0.25, 0.3) is 0 Å². The Morgan fingerprint density at radius 1 is 1.42 bits per heavy atom. The van der Waals surface area contributed by atoms with Crippen LogP contribution in [-0.2, 0) is 10.8 Å². The molecule has 5 nitrogen and oxygen atoms in total. The molecule has 0 bridgehead atoms. The van der Waals surface area contributed by atoms with E-state index < -0.39 is 10.8 Å². The van der Waals surface area contributed by atoms with E-state index >= 15 is 0 Å². The van der Waals surface area contributed by atoms with E-state index in [-0.39, 0.29) is 12.1 Å². The Morgan fingerprint density at radius 3 is 2.79 bits per heavy atom. The molecule has 6 heteroatoms. The lowest BCUT2D eigenvalue weighted by molar-refractivity contribution is 0.202. The Balaban J connectivity index is 1.60. The van der Waals surface area contributed by atoms with Gasteiger partial charge in [-0.1, -0.05) is 0 Å². The molecule has 0 aromatic carbocycles. The van der Waals surface area contributed by atoms with Crippen LogP contribution in [0.15, 0.2) is 0 Å². The van der Waals surface area contributed by atoms with E-state index in [1.807, 2.05) is 7.05 Å². The Morgan fingerprint density at radius 2 is 2.16 bits per heavy atom. The maximum Gasteiger partial charge on any atom is 0.317 e. The van der Waals surface area contributed by atoms with Gasteiger partial charge < -0.3 is 15.1 Å². The summed E-state index contributed by atoms with van der Waals surface area (Å²) in [6.07, 6.45) is 4.50. The molecule has 2 saturated heterocycles. The molecule has 19 heavy (non-hydrogen) atoms. The topological polar surface area (TPSA) is 52.6 Å². The summed E-state index contributed by atoms with van der Waals surface area (Å²) in [6.45, 7) is 4.30. The molecule has 2 aliphatic rings. The van der Waals surface area contributed by atoms with Crippen molar-refractivity contribution in [1.29, 1.82) is 0 Å². The first kappa shape index (κ1) is 14.8. The molecule has 2 amide bonds. The van der Waals surface area contributed by atoms with Gasteiger partial charge in [0.15, 0.2) is 0 Å². The first-order valence-electron chi connectivity index (χ1n) is 7.24. The van der Waals surface area contributed by atoms with Crippen LogP contribution in [0, 0.1) is 0 Å². The van der Waals surface area contributed by atoms with Crippen LogP contribution in [-0.4, -0.2) is 70.8 Å². The van der Waals surface area contributed by atoms with E-state index in [0.717, 1.165) is 31.7 Å². The van der Waals surface area contributed by atoms with E-state index in [2.05, 4.69) is 10.2 Å². The van der Waals surface area contributed by atoms with Gasteiger partial charge in [-0.05, 0) is 45.3 Å². The molecule has 0 saturated carbocycles. The zero-order valence-corrected chi connectivity index (χ0v) is 12.6. The average molecular weight is 287 g/mol. The van der Waals surface area contributed by atoms with Crippen LogP contribution in [0.5, 0.6) is 0 Å². The molecule has 2 fully saturated rings. The standard InChI is InChI=1S/C13H25N3O2S/c1-15(6-4-9-16-7-2-3-8-16)13(17)14-12-5-10-19(18)11-12/h12H,2-11H2,1H3,(H,14,17)/t12-,19+/m1/s1. The zero-order chi connectivity index (χ0) is 13.7. The lowest BCUT2D eigenvalue weighted by Crippen LogP contribution is -2.44. The third-order valence-corrected chi connectivity index (χ3v) is 5.39. The molecule has 0 aromatic rings. The van der Waals surface area contributed by atoms with Crippen LogP contribution in [0.2, 0.25) is 0 Å².